The number of piperidine rings is 1. The van der Waals surface area contributed by atoms with Crippen LogP contribution in [0.1, 0.15) is 34.5 Å². The van der Waals surface area contributed by atoms with E-state index in [-0.39, 0.29) is 23.6 Å². The van der Waals surface area contributed by atoms with Crippen LogP contribution in [0.2, 0.25) is 0 Å². The van der Waals surface area contributed by atoms with Gasteiger partial charge in [-0.05, 0) is 30.5 Å². The molecule has 0 radical (unpaired) electrons. The van der Waals surface area contributed by atoms with Crippen LogP contribution in [-0.2, 0) is 6.54 Å². The van der Waals surface area contributed by atoms with Gasteiger partial charge in [0, 0.05) is 43.4 Å². The van der Waals surface area contributed by atoms with E-state index < -0.39 is 0 Å². The summed E-state index contributed by atoms with van der Waals surface area (Å²) >= 11 is 0. The van der Waals surface area contributed by atoms with Crippen molar-refractivity contribution in [3.8, 4) is 11.9 Å². The van der Waals surface area contributed by atoms with Crippen molar-refractivity contribution >= 4 is 5.91 Å². The highest BCUT2D eigenvalue weighted by molar-refractivity contribution is 5.94. The molecule has 4 rings (SSSR count). The number of likely N-dealkylation sites (tertiary alicyclic amines) is 1. The molecule has 0 spiro atoms. The highest BCUT2D eigenvalue weighted by Gasteiger charge is 2.26. The minimum absolute atomic E-state index is 0.0212. The fraction of sp³-hybridized carbons (Fsp3) is 0.286. The number of nitriles is 1. The van der Waals surface area contributed by atoms with Crippen molar-refractivity contribution in [2.45, 2.75) is 25.5 Å². The molecule has 0 unspecified atom stereocenters. The molecule has 0 aliphatic carbocycles. The molecule has 29 heavy (non-hydrogen) atoms. The lowest BCUT2D eigenvalue weighted by atomic mass is 10.1. The molecule has 3 heterocycles. The Kier molecular flexibility index (Phi) is 5.47. The first-order chi connectivity index (χ1) is 14.2. The number of rotatable bonds is 5. The molecule has 1 atom stereocenters. The van der Waals surface area contributed by atoms with Crippen molar-refractivity contribution in [3.63, 3.8) is 0 Å². The van der Waals surface area contributed by atoms with Crippen LogP contribution in [0.5, 0.6) is 5.88 Å². The smallest absolute Gasteiger partial charge is 0.253 e. The standard InChI is InChI=1S/C21H20N6O2/c22-12-19-20(25-8-7-24-19)29-18-2-1-10-27(14-18)21(28)17-5-3-16(4-6-17)13-26-11-9-23-15-26/h3-9,11,15,18H,1-2,10,13-14H2/t18-/m0/s1. The van der Waals surface area contributed by atoms with Crippen molar-refractivity contribution in [2.24, 2.45) is 0 Å². The molecule has 146 valence electrons. The molecule has 1 saturated heterocycles. The summed E-state index contributed by atoms with van der Waals surface area (Å²) in [5, 5.41) is 9.14. The van der Waals surface area contributed by atoms with E-state index in [1.807, 2.05) is 41.1 Å². The second-order valence-corrected chi connectivity index (χ2v) is 6.89. The summed E-state index contributed by atoms with van der Waals surface area (Å²) in [6.07, 6.45) is 9.78. The molecule has 0 saturated carbocycles. The molecular weight excluding hydrogens is 368 g/mol. The molecule has 2 aromatic heterocycles. The van der Waals surface area contributed by atoms with Crippen LogP contribution in [-0.4, -0.2) is 49.5 Å². The van der Waals surface area contributed by atoms with Crippen LogP contribution in [0.3, 0.4) is 0 Å². The third-order valence-electron chi connectivity index (χ3n) is 4.84. The quantitative estimate of drug-likeness (QED) is 0.665. The summed E-state index contributed by atoms with van der Waals surface area (Å²) in [6.45, 7) is 1.85. The minimum atomic E-state index is -0.211. The lowest BCUT2D eigenvalue weighted by Crippen LogP contribution is -2.44. The van der Waals surface area contributed by atoms with Crippen molar-refractivity contribution in [1.82, 2.24) is 24.4 Å². The van der Waals surface area contributed by atoms with E-state index in [1.54, 1.807) is 17.4 Å². The molecule has 8 nitrogen and oxygen atoms in total. The predicted octanol–water partition coefficient (Wildman–Crippen LogP) is 2.28. The van der Waals surface area contributed by atoms with Gasteiger partial charge in [0.15, 0.2) is 0 Å². The number of carbonyl (C=O) groups excluding carboxylic acids is 1. The molecule has 1 amide bonds. The number of carbonyl (C=O) groups is 1. The van der Waals surface area contributed by atoms with Crippen LogP contribution in [0.15, 0.2) is 55.4 Å². The highest BCUT2D eigenvalue weighted by atomic mass is 16.5. The van der Waals surface area contributed by atoms with Crippen LogP contribution in [0.4, 0.5) is 0 Å². The Hall–Kier alpha value is -3.73. The van der Waals surface area contributed by atoms with Crippen molar-refractivity contribution in [2.75, 3.05) is 13.1 Å². The maximum absolute atomic E-state index is 12.9. The normalized spacial score (nSPS) is 16.2. The van der Waals surface area contributed by atoms with Crippen molar-refractivity contribution < 1.29 is 9.53 Å². The number of ether oxygens (including phenoxy) is 1. The van der Waals surface area contributed by atoms with Crippen molar-refractivity contribution in [3.05, 3.63) is 72.2 Å². The van der Waals surface area contributed by atoms with Gasteiger partial charge in [-0.15, -0.1) is 0 Å². The minimum Gasteiger partial charge on any atom is -0.470 e. The molecule has 1 aliphatic heterocycles. The van der Waals surface area contributed by atoms with E-state index in [4.69, 9.17) is 10.00 Å². The van der Waals surface area contributed by atoms with E-state index in [0.29, 0.717) is 25.2 Å². The molecular formula is C21H20N6O2. The van der Waals surface area contributed by atoms with Gasteiger partial charge in [-0.2, -0.15) is 5.26 Å². The Labute approximate surface area is 168 Å². The zero-order valence-electron chi connectivity index (χ0n) is 15.8. The number of benzene rings is 1. The first kappa shape index (κ1) is 18.6. The van der Waals surface area contributed by atoms with Gasteiger partial charge in [0.25, 0.3) is 11.8 Å². The average Bonchev–Trinajstić information content (AvgIpc) is 3.27. The predicted molar refractivity (Wildman–Crippen MR) is 104 cm³/mol. The summed E-state index contributed by atoms with van der Waals surface area (Å²) in [4.78, 5) is 26.8. The van der Waals surface area contributed by atoms with Gasteiger partial charge in [0.05, 0.1) is 12.9 Å². The molecule has 3 aromatic rings. The van der Waals surface area contributed by atoms with E-state index in [0.717, 1.165) is 18.4 Å². The van der Waals surface area contributed by atoms with Gasteiger partial charge in [0.2, 0.25) is 5.69 Å². The third-order valence-corrected chi connectivity index (χ3v) is 4.84. The molecule has 0 bridgehead atoms. The van der Waals surface area contributed by atoms with Crippen LogP contribution >= 0.6 is 0 Å². The monoisotopic (exact) mass is 388 g/mol. The van der Waals surface area contributed by atoms with Crippen LogP contribution < -0.4 is 4.74 Å². The topological polar surface area (TPSA) is 96.9 Å². The number of aromatic nitrogens is 4. The lowest BCUT2D eigenvalue weighted by molar-refractivity contribution is 0.0526. The Balaban J connectivity index is 1.40. The van der Waals surface area contributed by atoms with E-state index in [1.165, 1.54) is 12.4 Å². The Morgan fingerprint density at radius 2 is 2.03 bits per heavy atom. The molecule has 8 heteroatoms. The summed E-state index contributed by atoms with van der Waals surface area (Å²) in [7, 11) is 0. The molecule has 0 N–H and O–H groups in total. The van der Waals surface area contributed by atoms with Gasteiger partial charge < -0.3 is 14.2 Å². The highest BCUT2D eigenvalue weighted by Crippen LogP contribution is 2.20. The Bertz CT molecular complexity index is 1010. The number of imidazole rings is 1. The fourth-order valence-electron chi connectivity index (χ4n) is 3.39. The molecule has 1 fully saturated rings. The summed E-state index contributed by atoms with van der Waals surface area (Å²) in [5.41, 5.74) is 1.91. The van der Waals surface area contributed by atoms with Crippen LogP contribution in [0.25, 0.3) is 0 Å². The summed E-state index contributed by atoms with van der Waals surface area (Å²) in [6, 6.07) is 9.62. The lowest BCUT2D eigenvalue weighted by Gasteiger charge is -2.32. The van der Waals surface area contributed by atoms with Crippen molar-refractivity contribution in [1.29, 1.82) is 5.26 Å². The number of amides is 1. The van der Waals surface area contributed by atoms with Gasteiger partial charge in [-0.1, -0.05) is 12.1 Å². The summed E-state index contributed by atoms with van der Waals surface area (Å²) < 4.78 is 7.85. The zero-order valence-corrected chi connectivity index (χ0v) is 15.8. The SMILES string of the molecule is N#Cc1nccnc1O[C@H]1CCCN(C(=O)c2ccc(Cn3ccnc3)cc2)C1. The van der Waals surface area contributed by atoms with Gasteiger partial charge in [-0.3, -0.25) is 4.79 Å². The van der Waals surface area contributed by atoms with Gasteiger partial charge in [-0.25, -0.2) is 15.0 Å². The third kappa shape index (κ3) is 4.41. The molecule has 1 aliphatic rings. The fourth-order valence-corrected chi connectivity index (χ4v) is 3.39. The zero-order chi connectivity index (χ0) is 20.1. The maximum Gasteiger partial charge on any atom is 0.253 e. The van der Waals surface area contributed by atoms with Crippen LogP contribution in [0, 0.1) is 11.3 Å². The average molecular weight is 388 g/mol. The second-order valence-electron chi connectivity index (χ2n) is 6.89. The first-order valence-electron chi connectivity index (χ1n) is 9.44. The maximum atomic E-state index is 12.9. The molecule has 1 aromatic carbocycles. The first-order valence-corrected chi connectivity index (χ1v) is 9.44. The van der Waals surface area contributed by atoms with Gasteiger partial charge >= 0.3 is 0 Å². The number of hydrogen-bond donors (Lipinski definition) is 0. The van der Waals surface area contributed by atoms with E-state index in [2.05, 4.69) is 15.0 Å². The second kappa shape index (κ2) is 8.52. The Morgan fingerprint density at radius 3 is 2.79 bits per heavy atom. The van der Waals surface area contributed by atoms with E-state index in [9.17, 15) is 4.79 Å². The Morgan fingerprint density at radius 1 is 1.21 bits per heavy atom. The number of nitrogens with zero attached hydrogens (tertiary/aromatic N) is 6. The number of hydrogen-bond acceptors (Lipinski definition) is 6. The largest absolute Gasteiger partial charge is 0.470 e. The van der Waals surface area contributed by atoms with E-state index >= 15 is 0 Å². The summed E-state index contributed by atoms with van der Waals surface area (Å²) in [5.74, 6) is 0.199. The van der Waals surface area contributed by atoms with Gasteiger partial charge in [0.1, 0.15) is 12.2 Å².